The number of hydrogen-bond donors (Lipinski definition) is 1. The van der Waals surface area contributed by atoms with Gasteiger partial charge in [0, 0.05) is 10.6 Å². The van der Waals surface area contributed by atoms with Crippen molar-refractivity contribution in [3.63, 3.8) is 0 Å². The summed E-state index contributed by atoms with van der Waals surface area (Å²) in [5, 5.41) is 5.09. The van der Waals surface area contributed by atoms with Gasteiger partial charge in [0.25, 0.3) is 0 Å². The van der Waals surface area contributed by atoms with Crippen LogP contribution in [0.25, 0.3) is 0 Å². The molecule has 28 heavy (non-hydrogen) atoms. The average Bonchev–Trinajstić information content (AvgIpc) is 2.63. The number of sulfonamides is 1. The first-order chi connectivity index (χ1) is 13.0. The van der Waals surface area contributed by atoms with E-state index in [1.54, 1.807) is 0 Å². The minimum absolute atomic E-state index is 0.0147. The number of halogens is 3. The van der Waals surface area contributed by atoms with E-state index in [-0.39, 0.29) is 28.6 Å². The van der Waals surface area contributed by atoms with Crippen LogP contribution in [0.3, 0.4) is 0 Å². The van der Waals surface area contributed by atoms with Crippen molar-refractivity contribution >= 4 is 27.8 Å². The Morgan fingerprint density at radius 1 is 1.18 bits per heavy atom. The number of thioether (sulfide) groups is 1. The summed E-state index contributed by atoms with van der Waals surface area (Å²) in [6.07, 6.45) is -4.43. The Labute approximate surface area is 163 Å². The van der Waals surface area contributed by atoms with Crippen LogP contribution in [-0.2, 0) is 20.9 Å². The maximum atomic E-state index is 12.7. The van der Waals surface area contributed by atoms with Gasteiger partial charge in [-0.15, -0.1) is 11.8 Å². The first-order valence-corrected chi connectivity index (χ1v) is 10.2. The van der Waals surface area contributed by atoms with Gasteiger partial charge < -0.3 is 9.47 Å². The van der Waals surface area contributed by atoms with Crippen molar-refractivity contribution in [1.29, 1.82) is 0 Å². The zero-order valence-electron chi connectivity index (χ0n) is 14.5. The van der Waals surface area contributed by atoms with Crippen LogP contribution >= 0.6 is 11.8 Å². The van der Waals surface area contributed by atoms with Crippen LogP contribution in [0.2, 0.25) is 0 Å². The fraction of sp³-hybridized carbons (Fsp3) is 0.235. The highest BCUT2D eigenvalue weighted by Crippen LogP contribution is 2.31. The van der Waals surface area contributed by atoms with Gasteiger partial charge in [-0.25, -0.2) is 18.4 Å². The largest absolute Gasteiger partial charge is 0.495 e. The summed E-state index contributed by atoms with van der Waals surface area (Å²) >= 11 is 1.09. The topological polar surface area (TPSA) is 95.7 Å². The zero-order chi connectivity index (χ0) is 20.9. The van der Waals surface area contributed by atoms with Crippen LogP contribution in [0.4, 0.5) is 13.2 Å². The second kappa shape index (κ2) is 8.84. The number of hydrogen-bond acceptors (Lipinski definition) is 6. The molecule has 0 saturated heterocycles. The molecule has 0 saturated carbocycles. The van der Waals surface area contributed by atoms with E-state index in [1.807, 2.05) is 0 Å². The van der Waals surface area contributed by atoms with Crippen LogP contribution in [0.5, 0.6) is 5.75 Å². The molecule has 2 rings (SSSR count). The molecule has 0 aliphatic heterocycles. The third-order valence-electron chi connectivity index (χ3n) is 3.45. The third kappa shape index (κ3) is 5.88. The SMILES string of the molecule is COc1ccc(C(=O)OCCSc2cccc(C(F)(F)F)c2)cc1S(N)(=O)=O. The van der Waals surface area contributed by atoms with Gasteiger partial charge in [0.05, 0.1) is 18.2 Å². The summed E-state index contributed by atoms with van der Waals surface area (Å²) in [7, 11) is -2.85. The van der Waals surface area contributed by atoms with E-state index in [2.05, 4.69) is 0 Å². The smallest absolute Gasteiger partial charge is 0.416 e. The molecule has 0 bridgehead atoms. The van der Waals surface area contributed by atoms with Crippen LogP contribution in [0, 0.1) is 0 Å². The van der Waals surface area contributed by atoms with Gasteiger partial charge in [-0.1, -0.05) is 6.07 Å². The quantitative estimate of drug-likeness (QED) is 0.407. The molecule has 0 aromatic heterocycles. The lowest BCUT2D eigenvalue weighted by molar-refractivity contribution is -0.137. The van der Waals surface area contributed by atoms with Crippen LogP contribution in [-0.4, -0.2) is 33.9 Å². The van der Waals surface area contributed by atoms with E-state index in [4.69, 9.17) is 14.6 Å². The summed E-state index contributed by atoms with van der Waals surface area (Å²) in [5.41, 5.74) is -0.808. The molecule has 2 aromatic rings. The van der Waals surface area contributed by atoms with Gasteiger partial charge in [0.1, 0.15) is 17.3 Å². The van der Waals surface area contributed by atoms with Gasteiger partial charge in [-0.2, -0.15) is 13.2 Å². The van der Waals surface area contributed by atoms with E-state index >= 15 is 0 Å². The first-order valence-electron chi connectivity index (χ1n) is 7.70. The zero-order valence-corrected chi connectivity index (χ0v) is 16.2. The molecule has 152 valence electrons. The Morgan fingerprint density at radius 3 is 2.50 bits per heavy atom. The second-order valence-corrected chi connectivity index (χ2v) is 8.12. The molecule has 11 heteroatoms. The van der Waals surface area contributed by atoms with Crippen molar-refractivity contribution in [3.8, 4) is 5.75 Å². The first kappa shape index (κ1) is 22.1. The molecular weight excluding hydrogens is 419 g/mol. The summed E-state index contributed by atoms with van der Waals surface area (Å²) in [4.78, 5) is 12.1. The number of rotatable bonds is 7. The van der Waals surface area contributed by atoms with Crippen LogP contribution < -0.4 is 9.88 Å². The maximum absolute atomic E-state index is 12.7. The van der Waals surface area contributed by atoms with Gasteiger partial charge in [0.15, 0.2) is 0 Å². The molecule has 0 radical (unpaired) electrons. The van der Waals surface area contributed by atoms with Crippen molar-refractivity contribution in [2.45, 2.75) is 16.0 Å². The molecule has 6 nitrogen and oxygen atoms in total. The molecule has 0 unspecified atom stereocenters. The Balaban J connectivity index is 1.97. The average molecular weight is 435 g/mol. The Bertz CT molecular complexity index is 962. The molecule has 0 aliphatic carbocycles. The lowest BCUT2D eigenvalue weighted by atomic mass is 10.2. The summed E-state index contributed by atoms with van der Waals surface area (Å²) in [6, 6.07) is 8.41. The van der Waals surface area contributed by atoms with Crippen LogP contribution in [0.1, 0.15) is 15.9 Å². The van der Waals surface area contributed by atoms with Gasteiger partial charge in [-0.3, -0.25) is 0 Å². The van der Waals surface area contributed by atoms with E-state index in [1.165, 1.54) is 31.4 Å². The maximum Gasteiger partial charge on any atom is 0.416 e. The number of carbonyl (C=O) groups excluding carboxylic acids is 1. The predicted octanol–water partition coefficient (Wildman–Crippen LogP) is 3.31. The van der Waals surface area contributed by atoms with Gasteiger partial charge in [-0.05, 0) is 36.4 Å². The number of ether oxygens (including phenoxy) is 2. The minimum atomic E-state index is -4.43. The molecule has 0 fully saturated rings. The molecule has 2 aromatic carbocycles. The summed E-state index contributed by atoms with van der Waals surface area (Å²) < 4.78 is 71.1. The summed E-state index contributed by atoms with van der Waals surface area (Å²) in [5.74, 6) is -0.595. The van der Waals surface area contributed by atoms with Crippen molar-refractivity contribution < 1.29 is 35.9 Å². The van der Waals surface area contributed by atoms with Crippen molar-refractivity contribution in [2.24, 2.45) is 5.14 Å². The number of esters is 1. The molecule has 0 aliphatic rings. The molecule has 0 amide bonds. The molecule has 0 spiro atoms. The highest BCUT2D eigenvalue weighted by Gasteiger charge is 2.30. The Hall–Kier alpha value is -2.24. The Morgan fingerprint density at radius 2 is 1.89 bits per heavy atom. The predicted molar refractivity (Wildman–Crippen MR) is 96.8 cm³/mol. The van der Waals surface area contributed by atoms with Crippen molar-refractivity contribution in [3.05, 3.63) is 53.6 Å². The standard InChI is InChI=1S/C17H16F3NO5S2/c1-25-14-6-5-11(9-15(14)28(21,23)24)16(22)26-7-8-27-13-4-2-3-12(10-13)17(18,19)20/h2-6,9-10H,7-8H2,1H3,(H2,21,23,24). The molecule has 0 heterocycles. The number of benzene rings is 2. The lowest BCUT2D eigenvalue weighted by Crippen LogP contribution is -2.15. The molecular formula is C17H16F3NO5S2. The highest BCUT2D eigenvalue weighted by molar-refractivity contribution is 7.99. The fourth-order valence-electron chi connectivity index (χ4n) is 2.17. The number of methoxy groups -OCH3 is 1. The van der Waals surface area contributed by atoms with E-state index in [0.717, 1.165) is 30.0 Å². The number of primary sulfonamides is 1. The number of alkyl halides is 3. The van der Waals surface area contributed by atoms with E-state index < -0.39 is 27.7 Å². The summed E-state index contributed by atoms with van der Waals surface area (Å²) in [6.45, 7) is -0.0868. The fourth-order valence-corrected chi connectivity index (χ4v) is 3.68. The molecule has 2 N–H and O–H groups in total. The number of nitrogens with two attached hydrogens (primary N) is 1. The third-order valence-corrected chi connectivity index (χ3v) is 5.34. The minimum Gasteiger partial charge on any atom is -0.495 e. The lowest BCUT2D eigenvalue weighted by Gasteiger charge is -2.10. The van der Waals surface area contributed by atoms with Crippen molar-refractivity contribution in [2.75, 3.05) is 19.5 Å². The molecule has 0 atom stereocenters. The van der Waals surface area contributed by atoms with E-state index in [9.17, 15) is 26.4 Å². The van der Waals surface area contributed by atoms with Crippen molar-refractivity contribution in [1.82, 2.24) is 0 Å². The highest BCUT2D eigenvalue weighted by atomic mass is 32.2. The normalized spacial score (nSPS) is 11.9. The Kier molecular flexibility index (Phi) is 6.96. The van der Waals surface area contributed by atoms with Gasteiger partial charge in [0.2, 0.25) is 10.0 Å². The van der Waals surface area contributed by atoms with Crippen LogP contribution in [0.15, 0.2) is 52.3 Å². The monoisotopic (exact) mass is 435 g/mol. The number of carbonyl (C=O) groups is 1. The van der Waals surface area contributed by atoms with Gasteiger partial charge >= 0.3 is 12.1 Å². The second-order valence-electron chi connectivity index (χ2n) is 5.42. The van der Waals surface area contributed by atoms with E-state index in [0.29, 0.717) is 4.90 Å².